The number of Topliss-reactive ketones (excluding diaryl/α,β-unsaturated/α-hetero) is 2. The van der Waals surface area contributed by atoms with Gasteiger partial charge in [-0.1, -0.05) is 0 Å². The first kappa shape index (κ1) is 22.1. The molecule has 0 amide bonds. The number of tetrazole rings is 1. The maximum atomic E-state index is 14.3. The van der Waals surface area contributed by atoms with Crippen LogP contribution in [0.3, 0.4) is 0 Å². The second-order valence-corrected chi connectivity index (χ2v) is 9.97. The number of H-pyrrole nitrogens is 1. The number of rotatable bonds is 5. The summed E-state index contributed by atoms with van der Waals surface area (Å²) in [5, 5.41) is 17.4. The molecule has 37 heavy (non-hydrogen) atoms. The molecule has 1 atom stereocenters. The van der Waals surface area contributed by atoms with E-state index in [4.69, 9.17) is 9.47 Å². The van der Waals surface area contributed by atoms with Crippen molar-refractivity contribution < 1.29 is 19.1 Å². The number of imidazole rings is 1. The largest absolute Gasteiger partial charge is 0.493 e. The van der Waals surface area contributed by atoms with Gasteiger partial charge in [-0.05, 0) is 55.4 Å². The van der Waals surface area contributed by atoms with Gasteiger partial charge in [0, 0.05) is 48.0 Å². The van der Waals surface area contributed by atoms with Gasteiger partial charge in [0.2, 0.25) is 5.82 Å². The lowest BCUT2D eigenvalue weighted by Gasteiger charge is -2.45. The molecule has 2 aliphatic heterocycles. The van der Waals surface area contributed by atoms with Gasteiger partial charge in [0.1, 0.15) is 17.3 Å². The number of hydrogen-bond acceptors (Lipinski definition) is 9. The number of ketones is 2. The van der Waals surface area contributed by atoms with Gasteiger partial charge in [0.05, 0.1) is 12.7 Å². The molecule has 1 saturated heterocycles. The van der Waals surface area contributed by atoms with Gasteiger partial charge in [-0.15, -0.1) is 10.2 Å². The Morgan fingerprint density at radius 2 is 2.05 bits per heavy atom. The smallest absolute Gasteiger partial charge is 0.204 e. The summed E-state index contributed by atoms with van der Waals surface area (Å²) < 4.78 is 14.1. The summed E-state index contributed by atoms with van der Waals surface area (Å²) >= 11 is 0. The number of carbonyl (C=O) groups is 2. The van der Waals surface area contributed by atoms with E-state index in [1.807, 2.05) is 10.6 Å². The van der Waals surface area contributed by atoms with E-state index in [-0.39, 0.29) is 11.6 Å². The molecule has 11 nitrogen and oxygen atoms in total. The molecule has 4 aromatic rings. The summed E-state index contributed by atoms with van der Waals surface area (Å²) in [6.45, 7) is 1.31. The molecule has 1 aromatic carbocycles. The van der Waals surface area contributed by atoms with E-state index in [0.717, 1.165) is 18.5 Å². The maximum Gasteiger partial charge on any atom is 0.204 e. The van der Waals surface area contributed by atoms with Gasteiger partial charge in [-0.3, -0.25) is 14.0 Å². The quantitative estimate of drug-likeness (QED) is 0.314. The van der Waals surface area contributed by atoms with E-state index in [1.165, 1.54) is 0 Å². The van der Waals surface area contributed by atoms with Gasteiger partial charge >= 0.3 is 0 Å². The first-order valence-corrected chi connectivity index (χ1v) is 12.5. The number of nitrogens with one attached hydrogen (secondary N) is 2. The third kappa shape index (κ3) is 3.45. The summed E-state index contributed by atoms with van der Waals surface area (Å²) in [4.78, 5) is 33.0. The van der Waals surface area contributed by atoms with Crippen LogP contribution >= 0.6 is 0 Å². The van der Waals surface area contributed by atoms with Crippen molar-refractivity contribution in [2.24, 2.45) is 5.92 Å². The Labute approximate surface area is 211 Å². The zero-order valence-electron chi connectivity index (χ0n) is 20.2. The number of methoxy groups -OCH3 is 1. The van der Waals surface area contributed by atoms with E-state index < -0.39 is 11.5 Å². The number of hydrogen-bond donors (Lipinski definition) is 2. The summed E-state index contributed by atoms with van der Waals surface area (Å²) in [5.74, 6) is 0.226. The van der Waals surface area contributed by atoms with E-state index >= 15 is 0 Å². The molecule has 11 heteroatoms. The lowest BCUT2D eigenvalue weighted by Crippen LogP contribution is -2.58. The molecule has 0 radical (unpaired) electrons. The Hall–Kier alpha value is -4.12. The molecule has 3 aromatic heterocycles. The molecule has 0 bridgehead atoms. The number of ether oxygens (including phenoxy) is 2. The van der Waals surface area contributed by atoms with Crippen LogP contribution in [0.1, 0.15) is 58.0 Å². The van der Waals surface area contributed by atoms with E-state index in [1.54, 1.807) is 37.6 Å². The first-order chi connectivity index (χ1) is 18.1. The highest BCUT2D eigenvalue weighted by atomic mass is 16.5. The Morgan fingerprint density at radius 1 is 1.22 bits per heavy atom. The van der Waals surface area contributed by atoms with Gasteiger partial charge in [0.15, 0.2) is 23.0 Å². The molecular weight excluding hydrogens is 474 g/mol. The highest BCUT2D eigenvalue weighted by molar-refractivity contribution is 6.19. The number of aromatic nitrogens is 6. The molecule has 188 valence electrons. The van der Waals surface area contributed by atoms with Crippen molar-refractivity contribution in [3.05, 3.63) is 53.5 Å². The minimum Gasteiger partial charge on any atom is -0.493 e. The molecule has 2 fully saturated rings. The number of fused-ring (bicyclic) bond motifs is 2. The van der Waals surface area contributed by atoms with Crippen molar-refractivity contribution in [2.45, 2.75) is 37.2 Å². The van der Waals surface area contributed by atoms with Crippen molar-refractivity contribution in [1.29, 1.82) is 0 Å². The Bertz CT molecular complexity index is 1530. The average Bonchev–Trinajstić information content (AvgIpc) is 3.43. The molecule has 0 unspecified atom stereocenters. The first-order valence-electron chi connectivity index (χ1n) is 12.5. The third-order valence-electron chi connectivity index (χ3n) is 7.76. The van der Waals surface area contributed by atoms with E-state index in [2.05, 4.69) is 30.9 Å². The predicted molar refractivity (Wildman–Crippen MR) is 131 cm³/mol. The monoisotopic (exact) mass is 499 g/mol. The van der Waals surface area contributed by atoms with Crippen molar-refractivity contribution >= 4 is 17.2 Å². The van der Waals surface area contributed by atoms with E-state index in [0.29, 0.717) is 71.5 Å². The van der Waals surface area contributed by atoms with Crippen LogP contribution in [0.4, 0.5) is 0 Å². The van der Waals surface area contributed by atoms with Gasteiger partial charge < -0.3 is 14.8 Å². The summed E-state index contributed by atoms with van der Waals surface area (Å²) in [7, 11) is 1.56. The SMILES string of the molecule is COc1cc(C(=O)[C@@H]2C(=O)c3cc(-c4nn[nH]n4)ccc3OC23CCNCC3)cn2c(C3CC3)cnc12. The minimum atomic E-state index is -1.00. The zero-order valence-corrected chi connectivity index (χ0v) is 20.2. The number of carbonyl (C=O) groups excluding carboxylic acids is 2. The lowest BCUT2D eigenvalue weighted by molar-refractivity contribution is -0.0138. The van der Waals surface area contributed by atoms with Crippen LogP contribution in [0, 0.1) is 5.92 Å². The highest BCUT2D eigenvalue weighted by Gasteiger charge is 2.54. The van der Waals surface area contributed by atoms with Crippen molar-refractivity contribution in [1.82, 2.24) is 35.3 Å². The van der Waals surface area contributed by atoms with Crippen molar-refractivity contribution in [2.75, 3.05) is 20.2 Å². The highest BCUT2D eigenvalue weighted by Crippen LogP contribution is 2.45. The van der Waals surface area contributed by atoms with E-state index in [9.17, 15) is 9.59 Å². The summed E-state index contributed by atoms with van der Waals surface area (Å²) in [5.41, 5.74) is 2.16. The number of benzene rings is 1. The van der Waals surface area contributed by atoms with Crippen LogP contribution < -0.4 is 14.8 Å². The predicted octanol–water partition coefficient (Wildman–Crippen LogP) is 2.60. The number of nitrogens with zero attached hydrogens (tertiary/aromatic N) is 5. The lowest BCUT2D eigenvalue weighted by atomic mass is 9.70. The fourth-order valence-corrected chi connectivity index (χ4v) is 5.71. The zero-order chi connectivity index (χ0) is 25.1. The Kier molecular flexibility index (Phi) is 4.90. The Morgan fingerprint density at radius 3 is 2.78 bits per heavy atom. The number of pyridine rings is 1. The van der Waals surface area contributed by atoms with Crippen molar-refractivity contribution in [3.8, 4) is 22.9 Å². The minimum absolute atomic E-state index is 0.259. The molecule has 1 aliphatic carbocycles. The Balaban J connectivity index is 1.35. The van der Waals surface area contributed by atoms with Gasteiger partial charge in [-0.2, -0.15) is 5.21 Å². The van der Waals surface area contributed by atoms with Crippen LogP contribution in [-0.2, 0) is 0 Å². The van der Waals surface area contributed by atoms with Crippen molar-refractivity contribution in [3.63, 3.8) is 0 Å². The van der Waals surface area contributed by atoms with Crippen LogP contribution in [0.2, 0.25) is 0 Å². The molecule has 2 N–H and O–H groups in total. The third-order valence-corrected chi connectivity index (χ3v) is 7.76. The molecular formula is C26H25N7O4. The van der Waals surface area contributed by atoms with Crippen LogP contribution in [0.25, 0.3) is 17.0 Å². The second kappa shape index (κ2) is 8.20. The molecule has 1 spiro atoms. The standard InChI is InChI=1S/C26H25N7O4/c1-36-20-11-16(13-33-18(14-2-3-14)12-28-25(20)33)22(34)21-23(35)17-10-15(24-29-31-32-30-24)4-5-19(17)37-26(21)6-8-27-9-7-26/h4-5,10-14,21,27H,2-3,6-9H2,1H3,(H,29,30,31,32)/t21-/m1/s1. The summed E-state index contributed by atoms with van der Waals surface area (Å²) in [6, 6.07) is 6.92. The molecule has 1 saturated carbocycles. The van der Waals surface area contributed by atoms with Gasteiger partial charge in [-0.25, -0.2) is 4.98 Å². The maximum absolute atomic E-state index is 14.3. The normalized spacial score (nSPS) is 20.6. The fraction of sp³-hybridized carbons (Fsp3) is 0.385. The molecule has 7 rings (SSSR count). The van der Waals surface area contributed by atoms with Crippen LogP contribution in [-0.4, -0.2) is 67.4 Å². The van der Waals surface area contributed by atoms with Crippen LogP contribution in [0.15, 0.2) is 36.7 Å². The summed E-state index contributed by atoms with van der Waals surface area (Å²) in [6.07, 6.45) is 6.92. The molecule has 5 heterocycles. The number of piperidine rings is 1. The van der Waals surface area contributed by atoms with Crippen LogP contribution in [0.5, 0.6) is 11.5 Å². The molecule has 3 aliphatic rings. The average molecular weight is 500 g/mol. The second-order valence-electron chi connectivity index (χ2n) is 9.97. The fourth-order valence-electron chi connectivity index (χ4n) is 5.71. The van der Waals surface area contributed by atoms with Gasteiger partial charge in [0.25, 0.3) is 0 Å². The number of aromatic amines is 1. The topological polar surface area (TPSA) is 136 Å².